The van der Waals surface area contributed by atoms with Crippen molar-refractivity contribution in [1.82, 2.24) is 14.9 Å². The molecule has 2 aromatic heterocycles. The molecule has 1 aromatic carbocycles. The van der Waals surface area contributed by atoms with E-state index in [1.165, 1.54) is 25.3 Å². The minimum Gasteiger partial charge on any atom is -0.493 e. The van der Waals surface area contributed by atoms with Crippen LogP contribution in [0.3, 0.4) is 0 Å². The Morgan fingerprint density at radius 1 is 1.08 bits per heavy atom. The molecule has 1 amide bonds. The van der Waals surface area contributed by atoms with Gasteiger partial charge in [-0.2, -0.15) is 0 Å². The fourth-order valence-electron chi connectivity index (χ4n) is 2.90. The average Bonchev–Trinajstić information content (AvgIpc) is 3.34. The summed E-state index contributed by atoms with van der Waals surface area (Å²) in [5, 5.41) is 0. The number of nitrogens with zero attached hydrogens (tertiary/aromatic N) is 3. The quantitative estimate of drug-likeness (QED) is 0.711. The zero-order chi connectivity index (χ0) is 17.1. The van der Waals surface area contributed by atoms with E-state index < -0.39 is 0 Å². The first-order valence-corrected chi connectivity index (χ1v) is 8.09. The first-order valence-electron chi connectivity index (χ1n) is 8.09. The van der Waals surface area contributed by atoms with Crippen molar-refractivity contribution in [2.75, 3.05) is 6.61 Å². The minimum absolute atomic E-state index is 0.0978. The van der Waals surface area contributed by atoms with E-state index in [2.05, 4.69) is 9.97 Å². The fraction of sp³-hybridized carbons (Fsp3) is 0.278. The molecule has 0 bridgehead atoms. The van der Waals surface area contributed by atoms with Crippen LogP contribution in [0.25, 0.3) is 0 Å². The van der Waals surface area contributed by atoms with Gasteiger partial charge in [-0.3, -0.25) is 4.79 Å². The van der Waals surface area contributed by atoms with Gasteiger partial charge in [0, 0.05) is 5.56 Å². The van der Waals surface area contributed by atoms with E-state index in [0.717, 1.165) is 30.8 Å². The van der Waals surface area contributed by atoms with Crippen molar-refractivity contribution in [1.29, 1.82) is 0 Å². The van der Waals surface area contributed by atoms with Gasteiger partial charge in [0.1, 0.15) is 18.3 Å². The van der Waals surface area contributed by atoms with Crippen molar-refractivity contribution in [3.63, 3.8) is 0 Å². The first-order chi connectivity index (χ1) is 12.3. The Labute approximate surface area is 144 Å². The predicted molar refractivity (Wildman–Crippen MR) is 86.8 cm³/mol. The van der Waals surface area contributed by atoms with Crippen molar-refractivity contribution in [3.05, 3.63) is 66.0 Å². The summed E-state index contributed by atoms with van der Waals surface area (Å²) in [5.41, 5.74) is 3.05. The summed E-state index contributed by atoms with van der Waals surface area (Å²) in [6, 6.07) is 5.58. The molecule has 0 atom stereocenters. The Balaban J connectivity index is 1.60. The zero-order valence-electron chi connectivity index (χ0n) is 13.6. The van der Waals surface area contributed by atoms with E-state index >= 15 is 0 Å². The summed E-state index contributed by atoms with van der Waals surface area (Å²) < 4.78 is 15.6. The van der Waals surface area contributed by atoms with E-state index in [1.807, 2.05) is 12.1 Å². The number of amides is 1. The molecule has 128 valence electrons. The van der Waals surface area contributed by atoms with E-state index in [9.17, 15) is 4.79 Å². The lowest BCUT2D eigenvalue weighted by atomic mass is 10.0. The molecule has 0 spiro atoms. The van der Waals surface area contributed by atoms with Crippen LogP contribution in [-0.2, 0) is 19.5 Å². The van der Waals surface area contributed by atoms with Gasteiger partial charge in [-0.1, -0.05) is 0 Å². The number of aromatic nitrogens is 2. The standard InChI is InChI=1S/C18H17N3O4/c22-18(14-3-4-17-13(6-14)2-1-5-25-17)21(7-15-9-23-11-19-15)8-16-10-24-12-20-16/h3-4,6,9-12H,1-2,5,7-8H2. The topological polar surface area (TPSA) is 81.6 Å². The molecule has 0 saturated heterocycles. The highest BCUT2D eigenvalue weighted by Gasteiger charge is 2.21. The second kappa shape index (κ2) is 6.80. The third kappa shape index (κ3) is 3.40. The average molecular weight is 339 g/mol. The summed E-state index contributed by atoms with van der Waals surface area (Å²) in [6.45, 7) is 1.39. The van der Waals surface area contributed by atoms with Crippen molar-refractivity contribution < 1.29 is 18.4 Å². The van der Waals surface area contributed by atoms with Gasteiger partial charge in [0.15, 0.2) is 12.8 Å². The van der Waals surface area contributed by atoms with Gasteiger partial charge in [-0.15, -0.1) is 0 Å². The van der Waals surface area contributed by atoms with Crippen LogP contribution in [-0.4, -0.2) is 27.4 Å². The van der Waals surface area contributed by atoms with Crippen molar-refractivity contribution >= 4 is 5.91 Å². The molecule has 0 fully saturated rings. The minimum atomic E-state index is -0.0978. The van der Waals surface area contributed by atoms with Crippen molar-refractivity contribution in [3.8, 4) is 5.75 Å². The molecule has 1 aliphatic heterocycles. The molecule has 4 rings (SSSR count). The molecule has 7 nitrogen and oxygen atoms in total. The van der Waals surface area contributed by atoms with E-state index in [1.54, 1.807) is 11.0 Å². The van der Waals surface area contributed by atoms with E-state index in [-0.39, 0.29) is 5.91 Å². The summed E-state index contributed by atoms with van der Waals surface area (Å²) in [6.07, 6.45) is 7.65. The second-order valence-corrected chi connectivity index (χ2v) is 5.90. The lowest BCUT2D eigenvalue weighted by molar-refractivity contribution is 0.0725. The molecule has 0 radical (unpaired) electrons. The second-order valence-electron chi connectivity index (χ2n) is 5.90. The smallest absolute Gasteiger partial charge is 0.254 e. The highest BCUT2D eigenvalue weighted by Crippen LogP contribution is 2.26. The molecule has 3 aromatic rings. The molecule has 0 aliphatic carbocycles. The normalized spacial score (nSPS) is 13.1. The van der Waals surface area contributed by atoms with Gasteiger partial charge in [-0.05, 0) is 36.6 Å². The predicted octanol–water partition coefficient (Wildman–Crippen LogP) is 2.83. The van der Waals surface area contributed by atoms with Crippen LogP contribution < -0.4 is 4.74 Å². The maximum atomic E-state index is 13.1. The number of rotatable bonds is 5. The van der Waals surface area contributed by atoms with Crippen LogP contribution in [0.2, 0.25) is 0 Å². The Bertz CT molecular complexity index is 807. The number of fused-ring (bicyclic) bond motifs is 1. The van der Waals surface area contributed by atoms with Crippen LogP contribution in [0.4, 0.5) is 0 Å². The molecule has 0 saturated carbocycles. The molecular formula is C18H17N3O4. The van der Waals surface area contributed by atoms with Crippen LogP contribution in [0, 0.1) is 0 Å². The Morgan fingerprint density at radius 3 is 2.44 bits per heavy atom. The van der Waals surface area contributed by atoms with Crippen LogP contribution in [0.1, 0.15) is 33.7 Å². The molecule has 3 heterocycles. The third-order valence-electron chi connectivity index (χ3n) is 4.12. The number of oxazole rings is 2. The van der Waals surface area contributed by atoms with E-state index in [0.29, 0.717) is 30.0 Å². The number of ether oxygens (including phenoxy) is 1. The van der Waals surface area contributed by atoms with Gasteiger partial charge >= 0.3 is 0 Å². The lowest BCUT2D eigenvalue weighted by Crippen LogP contribution is -2.30. The summed E-state index contributed by atoms with van der Waals surface area (Å²) in [5.74, 6) is 0.765. The molecule has 1 aliphatic rings. The monoisotopic (exact) mass is 339 g/mol. The number of carbonyl (C=O) groups is 1. The molecule has 0 N–H and O–H groups in total. The zero-order valence-corrected chi connectivity index (χ0v) is 13.6. The molecule has 0 unspecified atom stereocenters. The van der Waals surface area contributed by atoms with Crippen LogP contribution in [0.15, 0.2) is 52.3 Å². The maximum Gasteiger partial charge on any atom is 0.254 e. The first kappa shape index (κ1) is 15.4. The Kier molecular flexibility index (Phi) is 4.20. The van der Waals surface area contributed by atoms with Crippen LogP contribution >= 0.6 is 0 Å². The molecule has 25 heavy (non-hydrogen) atoms. The highest BCUT2D eigenvalue weighted by atomic mass is 16.5. The number of hydrogen-bond donors (Lipinski definition) is 0. The van der Waals surface area contributed by atoms with Gasteiger partial charge in [0.05, 0.1) is 31.1 Å². The van der Waals surface area contributed by atoms with Gasteiger partial charge in [0.25, 0.3) is 5.91 Å². The van der Waals surface area contributed by atoms with Gasteiger partial charge in [-0.25, -0.2) is 9.97 Å². The van der Waals surface area contributed by atoms with E-state index in [4.69, 9.17) is 13.6 Å². The number of benzene rings is 1. The lowest BCUT2D eigenvalue weighted by Gasteiger charge is -2.22. The van der Waals surface area contributed by atoms with Crippen LogP contribution in [0.5, 0.6) is 5.75 Å². The third-order valence-corrected chi connectivity index (χ3v) is 4.12. The van der Waals surface area contributed by atoms with Gasteiger partial charge in [0.2, 0.25) is 0 Å². The van der Waals surface area contributed by atoms with Crippen molar-refractivity contribution in [2.45, 2.75) is 25.9 Å². The van der Waals surface area contributed by atoms with Gasteiger partial charge < -0.3 is 18.5 Å². The number of carbonyl (C=O) groups excluding carboxylic acids is 1. The summed E-state index contributed by atoms with van der Waals surface area (Å²) >= 11 is 0. The largest absolute Gasteiger partial charge is 0.493 e. The molecule has 7 heteroatoms. The highest BCUT2D eigenvalue weighted by molar-refractivity contribution is 5.94. The summed E-state index contributed by atoms with van der Waals surface area (Å²) in [7, 11) is 0. The number of hydrogen-bond acceptors (Lipinski definition) is 6. The summed E-state index contributed by atoms with van der Waals surface area (Å²) in [4.78, 5) is 22.9. The fourth-order valence-corrected chi connectivity index (χ4v) is 2.90. The Morgan fingerprint density at radius 2 is 1.80 bits per heavy atom. The van der Waals surface area contributed by atoms with Crippen molar-refractivity contribution in [2.24, 2.45) is 0 Å². The Hall–Kier alpha value is -3.09. The maximum absolute atomic E-state index is 13.1. The number of aryl methyl sites for hydroxylation is 1. The SMILES string of the molecule is O=C(c1ccc2c(c1)CCCO2)N(Cc1cocn1)Cc1cocn1. The molecular weight excluding hydrogens is 322 g/mol.